The maximum Gasteiger partial charge on any atom is 0.275 e. The minimum atomic E-state index is -0.224. The largest absolute Gasteiger partial charge is 0.493 e. The number of aromatic nitrogens is 2. The summed E-state index contributed by atoms with van der Waals surface area (Å²) in [5, 5.41) is 3.45. The SMILES string of the molecule is COc1cc(-n2cnc3cc(-c4ccc(Cl)cc4)sc3c2=O)ccc1OCC(=O)NCCN(C)C. The lowest BCUT2D eigenvalue weighted by molar-refractivity contribution is -0.123. The lowest BCUT2D eigenvalue weighted by Gasteiger charge is -2.14. The molecule has 0 spiro atoms. The summed E-state index contributed by atoms with van der Waals surface area (Å²) in [6.07, 6.45) is 1.50. The van der Waals surface area contributed by atoms with Gasteiger partial charge in [-0.15, -0.1) is 11.3 Å². The number of amides is 1. The van der Waals surface area contributed by atoms with Gasteiger partial charge in [0.2, 0.25) is 0 Å². The summed E-state index contributed by atoms with van der Waals surface area (Å²) < 4.78 is 13.1. The molecule has 1 N–H and O–H groups in total. The number of methoxy groups -OCH3 is 1. The van der Waals surface area contributed by atoms with E-state index in [0.717, 1.165) is 17.0 Å². The van der Waals surface area contributed by atoms with Crippen LogP contribution in [0.5, 0.6) is 11.5 Å². The summed E-state index contributed by atoms with van der Waals surface area (Å²) in [7, 11) is 5.38. The molecular weight excluding hydrogens is 488 g/mol. The Morgan fingerprint density at radius 1 is 1.14 bits per heavy atom. The van der Waals surface area contributed by atoms with Gasteiger partial charge in [0.1, 0.15) is 11.0 Å². The highest BCUT2D eigenvalue weighted by atomic mass is 35.5. The van der Waals surface area contributed by atoms with Gasteiger partial charge in [0.05, 0.1) is 18.3 Å². The van der Waals surface area contributed by atoms with Crippen molar-refractivity contribution in [1.82, 2.24) is 19.8 Å². The van der Waals surface area contributed by atoms with Crippen LogP contribution in [-0.2, 0) is 4.79 Å². The first-order valence-electron chi connectivity index (χ1n) is 10.9. The Morgan fingerprint density at radius 2 is 1.91 bits per heavy atom. The van der Waals surface area contributed by atoms with Gasteiger partial charge in [-0.05, 0) is 50.0 Å². The molecule has 1 amide bonds. The van der Waals surface area contributed by atoms with Crippen LogP contribution in [-0.4, -0.2) is 61.3 Å². The van der Waals surface area contributed by atoms with E-state index in [1.165, 1.54) is 29.3 Å². The number of benzene rings is 2. The van der Waals surface area contributed by atoms with Gasteiger partial charge < -0.3 is 19.7 Å². The minimum Gasteiger partial charge on any atom is -0.493 e. The third-order valence-electron chi connectivity index (χ3n) is 5.23. The van der Waals surface area contributed by atoms with Gasteiger partial charge in [0.25, 0.3) is 11.5 Å². The molecule has 35 heavy (non-hydrogen) atoms. The van der Waals surface area contributed by atoms with E-state index in [1.807, 2.05) is 49.3 Å². The number of carbonyl (C=O) groups excluding carboxylic acids is 1. The standard InChI is InChI=1S/C25H25ClN4O4S/c1-29(2)11-10-27-23(31)14-34-20-9-8-18(12-21(20)33-3)30-15-28-19-13-22(35-24(19)25(30)32)16-4-6-17(26)7-5-16/h4-9,12-13,15H,10-11,14H2,1-3H3,(H,27,31). The maximum absolute atomic E-state index is 13.3. The summed E-state index contributed by atoms with van der Waals surface area (Å²) in [6, 6.07) is 14.4. The number of halogens is 1. The van der Waals surface area contributed by atoms with Crippen LogP contribution in [0.1, 0.15) is 0 Å². The smallest absolute Gasteiger partial charge is 0.275 e. The number of likely N-dealkylation sites (N-methyl/N-ethyl adjacent to an activating group) is 1. The van der Waals surface area contributed by atoms with Crippen LogP contribution in [0, 0.1) is 0 Å². The second-order valence-corrected chi connectivity index (χ2v) is 9.52. The van der Waals surface area contributed by atoms with Crippen molar-refractivity contribution in [2.24, 2.45) is 0 Å². The van der Waals surface area contributed by atoms with Crippen molar-refractivity contribution in [3.05, 3.63) is 70.2 Å². The van der Waals surface area contributed by atoms with Gasteiger partial charge in [0, 0.05) is 29.1 Å². The zero-order chi connectivity index (χ0) is 24.9. The van der Waals surface area contributed by atoms with Gasteiger partial charge >= 0.3 is 0 Å². The molecule has 2 aromatic carbocycles. The van der Waals surface area contributed by atoms with E-state index in [0.29, 0.717) is 39.0 Å². The molecule has 0 radical (unpaired) electrons. The molecule has 4 rings (SSSR count). The fourth-order valence-electron chi connectivity index (χ4n) is 3.39. The van der Waals surface area contributed by atoms with Crippen LogP contribution < -0.4 is 20.3 Å². The Hall–Kier alpha value is -3.40. The zero-order valence-electron chi connectivity index (χ0n) is 19.6. The molecule has 8 nitrogen and oxygen atoms in total. The van der Waals surface area contributed by atoms with Gasteiger partial charge in [-0.1, -0.05) is 23.7 Å². The number of fused-ring (bicyclic) bond motifs is 1. The predicted octanol–water partition coefficient (Wildman–Crippen LogP) is 3.83. The van der Waals surface area contributed by atoms with Crippen LogP contribution >= 0.6 is 22.9 Å². The Kier molecular flexibility index (Phi) is 7.70. The highest BCUT2D eigenvalue weighted by molar-refractivity contribution is 7.22. The number of carbonyl (C=O) groups is 1. The molecule has 0 fully saturated rings. The number of ether oxygens (including phenoxy) is 2. The first-order chi connectivity index (χ1) is 16.9. The number of thiophene rings is 1. The van der Waals surface area contributed by atoms with Gasteiger partial charge in [0.15, 0.2) is 18.1 Å². The lowest BCUT2D eigenvalue weighted by atomic mass is 10.2. The number of nitrogens with one attached hydrogen (secondary N) is 1. The summed E-state index contributed by atoms with van der Waals surface area (Å²) in [5.41, 5.74) is 1.99. The van der Waals surface area contributed by atoms with Crippen molar-refractivity contribution in [3.63, 3.8) is 0 Å². The Morgan fingerprint density at radius 3 is 2.63 bits per heavy atom. The molecular formula is C25H25ClN4O4S. The summed E-state index contributed by atoms with van der Waals surface area (Å²) in [4.78, 5) is 32.7. The molecule has 0 bridgehead atoms. The van der Waals surface area contributed by atoms with Crippen LogP contribution in [0.15, 0.2) is 59.7 Å². The van der Waals surface area contributed by atoms with E-state index in [9.17, 15) is 9.59 Å². The fraction of sp³-hybridized carbons (Fsp3) is 0.240. The molecule has 0 aliphatic carbocycles. The molecule has 10 heteroatoms. The van der Waals surface area contributed by atoms with Gasteiger partial charge in [-0.25, -0.2) is 4.98 Å². The van der Waals surface area contributed by atoms with E-state index >= 15 is 0 Å². The van der Waals surface area contributed by atoms with Gasteiger partial charge in [-0.3, -0.25) is 14.2 Å². The summed E-state index contributed by atoms with van der Waals surface area (Å²) in [6.45, 7) is 1.13. The average Bonchev–Trinajstić information content (AvgIpc) is 3.28. The van der Waals surface area contributed by atoms with Crippen LogP contribution in [0.2, 0.25) is 5.02 Å². The summed E-state index contributed by atoms with van der Waals surface area (Å²) >= 11 is 7.37. The summed E-state index contributed by atoms with van der Waals surface area (Å²) in [5.74, 6) is 0.587. The van der Waals surface area contributed by atoms with Crippen molar-refractivity contribution in [1.29, 1.82) is 0 Å². The molecule has 2 aromatic heterocycles. The first kappa shape index (κ1) is 24.7. The predicted molar refractivity (Wildman–Crippen MR) is 139 cm³/mol. The van der Waals surface area contributed by atoms with Crippen molar-refractivity contribution in [2.45, 2.75) is 0 Å². The fourth-order valence-corrected chi connectivity index (χ4v) is 4.56. The van der Waals surface area contributed by atoms with Crippen LogP contribution in [0.3, 0.4) is 0 Å². The normalized spacial score (nSPS) is 11.1. The highest BCUT2D eigenvalue weighted by Gasteiger charge is 2.14. The molecule has 0 unspecified atom stereocenters. The number of hydrogen-bond donors (Lipinski definition) is 1. The molecule has 0 saturated heterocycles. The Labute approximate surface area is 211 Å². The van der Waals surface area contributed by atoms with Crippen molar-refractivity contribution < 1.29 is 14.3 Å². The molecule has 182 valence electrons. The number of hydrogen-bond acceptors (Lipinski definition) is 7. The first-order valence-corrected chi connectivity index (χ1v) is 12.0. The second kappa shape index (κ2) is 10.9. The van der Waals surface area contributed by atoms with E-state index in [4.69, 9.17) is 21.1 Å². The van der Waals surface area contributed by atoms with Crippen molar-refractivity contribution >= 4 is 39.1 Å². The maximum atomic E-state index is 13.3. The lowest BCUT2D eigenvalue weighted by Crippen LogP contribution is -2.34. The minimum absolute atomic E-state index is 0.140. The van der Waals surface area contributed by atoms with Crippen molar-refractivity contribution in [3.8, 4) is 27.6 Å². The van der Waals surface area contributed by atoms with E-state index in [2.05, 4.69) is 10.3 Å². The zero-order valence-corrected chi connectivity index (χ0v) is 21.2. The second-order valence-electron chi connectivity index (χ2n) is 8.03. The number of nitrogens with zero attached hydrogens (tertiary/aromatic N) is 3. The molecule has 0 aliphatic heterocycles. The van der Waals surface area contributed by atoms with Crippen LogP contribution in [0.4, 0.5) is 0 Å². The topological polar surface area (TPSA) is 85.7 Å². The molecule has 4 aromatic rings. The average molecular weight is 513 g/mol. The molecule has 0 saturated carbocycles. The van der Waals surface area contributed by atoms with Crippen LogP contribution in [0.25, 0.3) is 26.3 Å². The van der Waals surface area contributed by atoms with Crippen molar-refractivity contribution in [2.75, 3.05) is 40.9 Å². The molecule has 0 aliphatic rings. The van der Waals surface area contributed by atoms with Gasteiger partial charge in [-0.2, -0.15) is 0 Å². The molecule has 0 atom stereocenters. The van der Waals surface area contributed by atoms with E-state index < -0.39 is 0 Å². The van der Waals surface area contributed by atoms with E-state index in [1.54, 1.807) is 18.2 Å². The van der Waals surface area contributed by atoms with E-state index in [-0.39, 0.29) is 18.1 Å². The third-order valence-corrected chi connectivity index (χ3v) is 6.65. The Bertz CT molecular complexity index is 1400. The molecule has 2 heterocycles. The highest BCUT2D eigenvalue weighted by Crippen LogP contribution is 2.32. The third kappa shape index (κ3) is 5.82. The number of rotatable bonds is 9. The quantitative estimate of drug-likeness (QED) is 0.367. The Balaban J connectivity index is 1.55. The monoisotopic (exact) mass is 512 g/mol.